The van der Waals surface area contributed by atoms with E-state index in [1.807, 2.05) is 35.9 Å². The van der Waals surface area contributed by atoms with E-state index in [-0.39, 0.29) is 11.3 Å². The van der Waals surface area contributed by atoms with Gasteiger partial charge in [-0.25, -0.2) is 4.98 Å². The van der Waals surface area contributed by atoms with E-state index in [1.165, 1.54) is 0 Å². The molecule has 0 aliphatic rings. The lowest BCUT2D eigenvalue weighted by Crippen LogP contribution is -2.00. The van der Waals surface area contributed by atoms with E-state index in [9.17, 15) is 10.4 Å². The molecule has 0 aliphatic carbocycles. The molecule has 0 unspecified atom stereocenters. The molecular formula is C21H21N3O2. The lowest BCUT2D eigenvalue weighted by Gasteiger charge is -2.08. The third-order valence-electron chi connectivity index (χ3n) is 4.25. The van der Waals surface area contributed by atoms with Crippen LogP contribution in [0.5, 0.6) is 5.75 Å². The molecule has 3 aromatic rings. The number of nitrogens with zero attached hydrogens (tertiary/aromatic N) is 3. The van der Waals surface area contributed by atoms with Gasteiger partial charge in [0, 0.05) is 12.6 Å². The van der Waals surface area contributed by atoms with Crippen molar-refractivity contribution in [2.45, 2.75) is 19.8 Å². The van der Waals surface area contributed by atoms with E-state index in [1.54, 1.807) is 24.3 Å². The number of aliphatic hydroxyl groups excluding tert-OH is 1. The average molecular weight is 347 g/mol. The number of hydrogen-bond donors (Lipinski definition) is 1. The van der Waals surface area contributed by atoms with Crippen LogP contribution in [-0.2, 0) is 7.05 Å². The zero-order chi connectivity index (χ0) is 18.5. The Morgan fingerprint density at radius 3 is 2.58 bits per heavy atom. The summed E-state index contributed by atoms with van der Waals surface area (Å²) in [6.07, 6.45) is 2.07. The Balaban J connectivity index is 1.95. The minimum Gasteiger partial charge on any atom is -0.506 e. The van der Waals surface area contributed by atoms with Crippen molar-refractivity contribution in [3.63, 3.8) is 0 Å². The van der Waals surface area contributed by atoms with E-state index in [4.69, 9.17) is 4.74 Å². The average Bonchev–Trinajstić information content (AvgIpc) is 3.00. The summed E-state index contributed by atoms with van der Waals surface area (Å²) in [5.41, 5.74) is 2.38. The van der Waals surface area contributed by atoms with Crippen molar-refractivity contribution in [1.82, 2.24) is 9.55 Å². The van der Waals surface area contributed by atoms with Crippen LogP contribution in [-0.4, -0.2) is 21.3 Å². The maximum atomic E-state index is 10.7. The normalized spacial score (nSPS) is 11.9. The van der Waals surface area contributed by atoms with E-state index in [2.05, 4.69) is 18.0 Å². The zero-order valence-electron chi connectivity index (χ0n) is 14.9. The van der Waals surface area contributed by atoms with Gasteiger partial charge in [-0.1, -0.05) is 25.5 Å². The maximum absolute atomic E-state index is 10.7. The van der Waals surface area contributed by atoms with Gasteiger partial charge < -0.3 is 14.4 Å². The molecule has 1 heterocycles. The number of benzene rings is 2. The van der Waals surface area contributed by atoms with Crippen LogP contribution in [0.15, 0.2) is 48.5 Å². The van der Waals surface area contributed by atoms with Gasteiger partial charge in [0.1, 0.15) is 23.2 Å². The number of nitriles is 1. The molecule has 0 amide bonds. The van der Waals surface area contributed by atoms with Crippen molar-refractivity contribution >= 4 is 22.4 Å². The topological polar surface area (TPSA) is 71.1 Å². The molecule has 0 spiro atoms. The Morgan fingerprint density at radius 2 is 1.92 bits per heavy atom. The molecule has 3 rings (SSSR count). The molecule has 0 atom stereocenters. The highest BCUT2D eigenvalue weighted by Crippen LogP contribution is 2.27. The van der Waals surface area contributed by atoms with Gasteiger partial charge in [-0.05, 0) is 42.8 Å². The summed E-state index contributed by atoms with van der Waals surface area (Å²) in [6.45, 7) is 2.78. The van der Waals surface area contributed by atoms with E-state index in [0.29, 0.717) is 18.0 Å². The second-order valence-electron chi connectivity index (χ2n) is 6.04. The first kappa shape index (κ1) is 17.6. The minimum atomic E-state index is -0.0917. The van der Waals surface area contributed by atoms with Crippen molar-refractivity contribution in [1.29, 1.82) is 5.26 Å². The van der Waals surface area contributed by atoms with Crippen LogP contribution in [0.4, 0.5) is 0 Å². The molecule has 0 saturated heterocycles. The molecule has 0 radical (unpaired) electrons. The lowest BCUT2D eigenvalue weighted by molar-refractivity contribution is 0.309. The van der Waals surface area contributed by atoms with Gasteiger partial charge in [-0.2, -0.15) is 5.26 Å². The SMILES string of the molecule is CCCCOc1ccc(C(O)=C(C#N)c2nc3ccccc3n2C)cc1. The van der Waals surface area contributed by atoms with E-state index in [0.717, 1.165) is 29.6 Å². The second-order valence-corrected chi connectivity index (χ2v) is 6.04. The predicted molar refractivity (Wildman–Crippen MR) is 103 cm³/mol. The fourth-order valence-electron chi connectivity index (χ4n) is 2.77. The second kappa shape index (κ2) is 7.75. The standard InChI is InChI=1S/C21H21N3O2/c1-3-4-13-26-16-11-9-15(10-12-16)20(25)17(14-22)21-23-18-7-5-6-8-19(18)24(21)2/h5-12,25H,3-4,13H2,1-2H3. The minimum absolute atomic E-state index is 0.0917. The van der Waals surface area contributed by atoms with Crippen LogP contribution in [0.3, 0.4) is 0 Å². The van der Waals surface area contributed by atoms with Crippen molar-refractivity contribution < 1.29 is 9.84 Å². The molecule has 0 aliphatic heterocycles. The van der Waals surface area contributed by atoms with Gasteiger partial charge >= 0.3 is 0 Å². The summed E-state index contributed by atoms with van der Waals surface area (Å²) in [6, 6.07) is 16.8. The Kier molecular flexibility index (Phi) is 5.23. The largest absolute Gasteiger partial charge is 0.506 e. The van der Waals surface area contributed by atoms with Gasteiger partial charge in [0.2, 0.25) is 0 Å². The number of allylic oxidation sites excluding steroid dienone is 1. The third-order valence-corrected chi connectivity index (χ3v) is 4.25. The third kappa shape index (κ3) is 3.40. The Bertz CT molecular complexity index is 979. The highest BCUT2D eigenvalue weighted by atomic mass is 16.5. The van der Waals surface area contributed by atoms with Gasteiger partial charge in [-0.15, -0.1) is 0 Å². The number of fused-ring (bicyclic) bond motifs is 1. The monoisotopic (exact) mass is 347 g/mol. The summed E-state index contributed by atoms with van der Waals surface area (Å²) in [7, 11) is 1.83. The zero-order valence-corrected chi connectivity index (χ0v) is 14.9. The first-order chi connectivity index (χ1) is 12.7. The van der Waals surface area contributed by atoms with Crippen LogP contribution in [0, 0.1) is 11.3 Å². The van der Waals surface area contributed by atoms with Crippen LogP contribution in [0.25, 0.3) is 22.4 Å². The van der Waals surface area contributed by atoms with E-state index >= 15 is 0 Å². The van der Waals surface area contributed by atoms with Crippen LogP contribution < -0.4 is 4.74 Å². The molecular weight excluding hydrogens is 326 g/mol. The number of aliphatic hydroxyl groups is 1. The summed E-state index contributed by atoms with van der Waals surface area (Å²) in [5.74, 6) is 1.09. The van der Waals surface area contributed by atoms with Gasteiger partial charge in [-0.3, -0.25) is 0 Å². The maximum Gasteiger partial charge on any atom is 0.155 e. The lowest BCUT2D eigenvalue weighted by atomic mass is 10.1. The van der Waals surface area contributed by atoms with Crippen molar-refractivity contribution in [2.75, 3.05) is 6.61 Å². The van der Waals surface area contributed by atoms with Crippen LogP contribution >= 0.6 is 0 Å². The van der Waals surface area contributed by atoms with E-state index < -0.39 is 0 Å². The summed E-state index contributed by atoms with van der Waals surface area (Å²) in [4.78, 5) is 4.50. The molecule has 1 N–H and O–H groups in total. The van der Waals surface area contributed by atoms with Crippen LogP contribution in [0.1, 0.15) is 31.2 Å². The molecule has 5 heteroatoms. The number of aromatic nitrogens is 2. The van der Waals surface area contributed by atoms with Gasteiger partial charge in [0.25, 0.3) is 0 Å². The fourth-order valence-corrected chi connectivity index (χ4v) is 2.77. The highest BCUT2D eigenvalue weighted by Gasteiger charge is 2.17. The molecule has 0 fully saturated rings. The quantitative estimate of drug-likeness (QED) is 0.398. The Morgan fingerprint density at radius 1 is 1.19 bits per heavy atom. The summed E-state index contributed by atoms with van der Waals surface area (Å²) >= 11 is 0. The number of hydrogen-bond acceptors (Lipinski definition) is 4. The number of aryl methyl sites for hydroxylation is 1. The summed E-state index contributed by atoms with van der Waals surface area (Å²) in [5, 5.41) is 20.3. The predicted octanol–water partition coefficient (Wildman–Crippen LogP) is 4.70. The van der Waals surface area contributed by atoms with Gasteiger partial charge in [0.15, 0.2) is 5.82 Å². The summed E-state index contributed by atoms with van der Waals surface area (Å²) < 4.78 is 7.44. The first-order valence-electron chi connectivity index (χ1n) is 8.64. The molecule has 1 aromatic heterocycles. The Hall–Kier alpha value is -3.26. The number of para-hydroxylation sites is 2. The number of ether oxygens (including phenoxy) is 1. The van der Waals surface area contributed by atoms with Crippen molar-refractivity contribution in [2.24, 2.45) is 7.05 Å². The van der Waals surface area contributed by atoms with Crippen LogP contribution in [0.2, 0.25) is 0 Å². The number of imidazole rings is 1. The molecule has 132 valence electrons. The molecule has 5 nitrogen and oxygen atoms in total. The smallest absolute Gasteiger partial charge is 0.155 e. The van der Waals surface area contributed by atoms with Crippen molar-refractivity contribution in [3.05, 3.63) is 59.9 Å². The van der Waals surface area contributed by atoms with Crippen molar-refractivity contribution in [3.8, 4) is 11.8 Å². The number of rotatable bonds is 6. The first-order valence-corrected chi connectivity index (χ1v) is 8.64. The molecule has 2 aromatic carbocycles. The Labute approximate surface area is 152 Å². The highest BCUT2D eigenvalue weighted by molar-refractivity contribution is 5.94. The molecule has 0 bridgehead atoms. The molecule has 0 saturated carbocycles. The molecule has 26 heavy (non-hydrogen) atoms. The van der Waals surface area contributed by atoms with Gasteiger partial charge in [0.05, 0.1) is 17.6 Å². The fraction of sp³-hybridized carbons (Fsp3) is 0.238. The number of unbranched alkanes of at least 4 members (excludes halogenated alkanes) is 1.